The molecule has 172 valence electrons. The fraction of sp³-hybridized carbons (Fsp3) is 0.636. The van der Waals surface area contributed by atoms with Gasteiger partial charge in [0.05, 0.1) is 25.9 Å². The lowest BCUT2D eigenvalue weighted by Gasteiger charge is -2.51. The lowest BCUT2D eigenvalue weighted by molar-refractivity contribution is -0.299. The lowest BCUT2D eigenvalue weighted by Crippen LogP contribution is -2.64. The zero-order valence-electron chi connectivity index (χ0n) is 17.9. The first-order valence-electron chi connectivity index (χ1n) is 10.7. The third kappa shape index (κ3) is 5.54. The van der Waals surface area contributed by atoms with E-state index in [1.807, 2.05) is 30.3 Å². The van der Waals surface area contributed by atoms with Gasteiger partial charge >= 0.3 is 12.1 Å². The monoisotopic (exact) mass is 437 g/mol. The molecule has 31 heavy (non-hydrogen) atoms. The van der Waals surface area contributed by atoms with Crippen molar-refractivity contribution in [1.29, 1.82) is 0 Å². The van der Waals surface area contributed by atoms with Gasteiger partial charge in [0.1, 0.15) is 12.7 Å². The van der Waals surface area contributed by atoms with Crippen molar-refractivity contribution in [3.05, 3.63) is 35.9 Å². The van der Waals surface area contributed by atoms with E-state index in [0.717, 1.165) is 12.0 Å². The van der Waals surface area contributed by atoms with Gasteiger partial charge in [-0.15, -0.1) is 0 Å². The van der Waals surface area contributed by atoms with Gasteiger partial charge in [0, 0.05) is 18.9 Å². The Kier molecular flexibility index (Phi) is 7.88. The van der Waals surface area contributed by atoms with Crippen LogP contribution in [-0.2, 0) is 30.3 Å². The molecule has 3 rings (SSSR count). The van der Waals surface area contributed by atoms with Crippen molar-refractivity contribution < 1.29 is 38.7 Å². The van der Waals surface area contributed by atoms with Gasteiger partial charge < -0.3 is 29.2 Å². The Labute approximate surface area is 181 Å². The topological polar surface area (TPSA) is 115 Å². The predicted molar refractivity (Wildman–Crippen MR) is 109 cm³/mol. The highest BCUT2D eigenvalue weighted by Crippen LogP contribution is 2.39. The molecule has 9 heteroatoms. The van der Waals surface area contributed by atoms with Gasteiger partial charge in [-0.25, -0.2) is 9.59 Å². The van der Waals surface area contributed by atoms with E-state index in [-0.39, 0.29) is 19.6 Å². The van der Waals surface area contributed by atoms with Crippen molar-refractivity contribution >= 4 is 12.1 Å². The average molecular weight is 437 g/mol. The first-order valence-corrected chi connectivity index (χ1v) is 10.7. The van der Waals surface area contributed by atoms with E-state index in [1.165, 1.54) is 4.90 Å². The zero-order chi connectivity index (χ0) is 22.4. The number of rotatable bonds is 6. The van der Waals surface area contributed by atoms with Crippen LogP contribution in [0.1, 0.15) is 38.7 Å². The summed E-state index contributed by atoms with van der Waals surface area (Å²) in [5.41, 5.74) is 0.819. The quantitative estimate of drug-likeness (QED) is 0.645. The minimum Gasteiger partial charge on any atom is -0.464 e. The largest absolute Gasteiger partial charge is 0.464 e. The molecule has 2 fully saturated rings. The maximum absolute atomic E-state index is 13.0. The standard InChI is InChI=1S/C22H31NO8/c1-3-28-20(26)19(25)18(24)17-13-22(30-10-7-11-31-22)12-15(2)23(17)21(27)29-14-16-8-5-4-6-9-16/h4-6,8-9,15,17-19,24-25H,3,7,10-14H2,1-2H3/t15-,17-,18+,19-/m1/s1. The number of nitrogens with zero attached hydrogens (tertiary/aromatic N) is 1. The molecule has 1 spiro atoms. The summed E-state index contributed by atoms with van der Waals surface area (Å²) < 4.78 is 22.1. The van der Waals surface area contributed by atoms with E-state index < -0.39 is 42.1 Å². The van der Waals surface area contributed by atoms with E-state index in [1.54, 1.807) is 13.8 Å². The Bertz CT molecular complexity index is 736. The second-order valence-corrected chi connectivity index (χ2v) is 7.92. The average Bonchev–Trinajstić information content (AvgIpc) is 2.77. The van der Waals surface area contributed by atoms with Gasteiger partial charge in [-0.3, -0.25) is 4.90 Å². The Balaban J connectivity index is 1.80. The van der Waals surface area contributed by atoms with E-state index >= 15 is 0 Å². The molecule has 0 radical (unpaired) electrons. The number of hydrogen-bond donors (Lipinski definition) is 2. The Morgan fingerprint density at radius 1 is 1.16 bits per heavy atom. The maximum Gasteiger partial charge on any atom is 0.410 e. The van der Waals surface area contributed by atoms with Gasteiger partial charge in [0.2, 0.25) is 0 Å². The molecule has 2 N–H and O–H groups in total. The molecule has 1 aromatic carbocycles. The molecule has 0 bridgehead atoms. The number of carbonyl (C=O) groups excluding carboxylic acids is 2. The molecule has 0 aliphatic carbocycles. The van der Waals surface area contributed by atoms with Gasteiger partial charge in [-0.1, -0.05) is 30.3 Å². The third-order valence-corrected chi connectivity index (χ3v) is 5.64. The molecule has 1 aromatic rings. The highest BCUT2D eigenvalue weighted by molar-refractivity contribution is 5.75. The molecule has 0 saturated carbocycles. The van der Waals surface area contributed by atoms with Crippen LogP contribution in [0.15, 0.2) is 30.3 Å². The van der Waals surface area contributed by atoms with E-state index in [9.17, 15) is 19.8 Å². The molecule has 2 heterocycles. The van der Waals surface area contributed by atoms with Crippen molar-refractivity contribution in [3.8, 4) is 0 Å². The molecule has 2 aliphatic rings. The SMILES string of the molecule is CCOC(=O)[C@H](O)[C@@H](O)[C@H]1CC2(C[C@@H](C)N1C(=O)OCc1ccccc1)OCCCO2. The molecule has 4 atom stereocenters. The fourth-order valence-corrected chi connectivity index (χ4v) is 4.20. The molecule has 9 nitrogen and oxygen atoms in total. The smallest absolute Gasteiger partial charge is 0.410 e. The number of amides is 1. The molecule has 1 amide bonds. The van der Waals surface area contributed by atoms with Gasteiger partial charge in [0.15, 0.2) is 11.9 Å². The summed E-state index contributed by atoms with van der Waals surface area (Å²) in [4.78, 5) is 26.4. The number of likely N-dealkylation sites (tertiary alicyclic amines) is 1. The number of carbonyl (C=O) groups is 2. The summed E-state index contributed by atoms with van der Waals surface area (Å²) in [6.07, 6.45) is -2.85. The zero-order valence-corrected chi connectivity index (χ0v) is 17.9. The van der Waals surface area contributed by atoms with Crippen LogP contribution in [0.2, 0.25) is 0 Å². The van der Waals surface area contributed by atoms with Gasteiger partial charge in [-0.2, -0.15) is 0 Å². The van der Waals surface area contributed by atoms with Crippen LogP contribution in [0.4, 0.5) is 4.79 Å². The van der Waals surface area contributed by atoms with Crippen molar-refractivity contribution in [2.45, 2.75) is 69.8 Å². The minimum absolute atomic E-state index is 0.0582. The molecule has 0 unspecified atom stereocenters. The third-order valence-electron chi connectivity index (χ3n) is 5.64. The lowest BCUT2D eigenvalue weighted by atomic mass is 9.86. The van der Waals surface area contributed by atoms with E-state index in [0.29, 0.717) is 19.6 Å². The second-order valence-electron chi connectivity index (χ2n) is 7.92. The predicted octanol–water partition coefficient (Wildman–Crippen LogP) is 1.59. The minimum atomic E-state index is -1.82. The van der Waals surface area contributed by atoms with E-state index in [4.69, 9.17) is 18.9 Å². The van der Waals surface area contributed by atoms with Crippen LogP contribution in [0.5, 0.6) is 0 Å². The fourth-order valence-electron chi connectivity index (χ4n) is 4.20. The number of esters is 1. The van der Waals surface area contributed by atoms with Crippen molar-refractivity contribution in [1.82, 2.24) is 4.90 Å². The number of ether oxygens (including phenoxy) is 4. The molecular formula is C22H31NO8. The summed E-state index contributed by atoms with van der Waals surface area (Å²) in [6, 6.07) is 7.83. The second kappa shape index (κ2) is 10.4. The molecule has 0 aromatic heterocycles. The summed E-state index contributed by atoms with van der Waals surface area (Å²) in [5.74, 6) is -1.95. The molecule has 2 saturated heterocycles. The summed E-state index contributed by atoms with van der Waals surface area (Å²) in [7, 11) is 0. The van der Waals surface area contributed by atoms with E-state index in [2.05, 4.69) is 0 Å². The van der Waals surface area contributed by atoms with Gasteiger partial charge in [0.25, 0.3) is 0 Å². The van der Waals surface area contributed by atoms with Crippen molar-refractivity contribution in [2.24, 2.45) is 0 Å². The number of aliphatic hydroxyl groups is 2. The number of benzene rings is 1. The normalized spacial score (nSPS) is 25.0. The first kappa shape index (κ1) is 23.5. The highest BCUT2D eigenvalue weighted by atomic mass is 16.7. The molecular weight excluding hydrogens is 406 g/mol. The van der Waals surface area contributed by atoms with Crippen LogP contribution in [0.3, 0.4) is 0 Å². The van der Waals surface area contributed by atoms with Crippen LogP contribution >= 0.6 is 0 Å². The first-order chi connectivity index (χ1) is 14.9. The summed E-state index contributed by atoms with van der Waals surface area (Å²) in [5, 5.41) is 21.2. The number of hydrogen-bond acceptors (Lipinski definition) is 8. The van der Waals surface area contributed by atoms with Crippen molar-refractivity contribution in [3.63, 3.8) is 0 Å². The number of aliphatic hydroxyl groups excluding tert-OH is 2. The maximum atomic E-state index is 13.0. The summed E-state index contributed by atoms with van der Waals surface area (Å²) >= 11 is 0. The van der Waals surface area contributed by atoms with Crippen molar-refractivity contribution in [2.75, 3.05) is 19.8 Å². The molecule has 2 aliphatic heterocycles. The van der Waals surface area contributed by atoms with Crippen LogP contribution < -0.4 is 0 Å². The highest BCUT2D eigenvalue weighted by Gasteiger charge is 2.52. The van der Waals surface area contributed by atoms with Crippen LogP contribution in [-0.4, -0.2) is 77.1 Å². The van der Waals surface area contributed by atoms with Gasteiger partial charge in [-0.05, 0) is 25.8 Å². The number of piperidine rings is 1. The Morgan fingerprint density at radius 3 is 2.48 bits per heavy atom. The Hall–Kier alpha value is -2.20. The Morgan fingerprint density at radius 2 is 1.84 bits per heavy atom. The summed E-state index contributed by atoms with van der Waals surface area (Å²) in [6.45, 7) is 4.50. The van der Waals surface area contributed by atoms with Crippen LogP contribution in [0, 0.1) is 0 Å². The van der Waals surface area contributed by atoms with Crippen LogP contribution in [0.25, 0.3) is 0 Å².